The minimum absolute atomic E-state index is 0.0979. The van der Waals surface area contributed by atoms with Gasteiger partial charge >= 0.3 is 11.9 Å². The van der Waals surface area contributed by atoms with Crippen molar-refractivity contribution in [1.82, 2.24) is 0 Å². The second-order valence-electron chi connectivity index (χ2n) is 4.80. The lowest BCUT2D eigenvalue weighted by atomic mass is 10.1. The van der Waals surface area contributed by atoms with Crippen LogP contribution in [0.4, 0.5) is 0 Å². The van der Waals surface area contributed by atoms with Crippen LogP contribution in [0, 0.1) is 0 Å². The van der Waals surface area contributed by atoms with Crippen molar-refractivity contribution in [1.29, 1.82) is 0 Å². The van der Waals surface area contributed by atoms with E-state index in [0.29, 0.717) is 13.2 Å². The molecule has 0 amide bonds. The van der Waals surface area contributed by atoms with Gasteiger partial charge in [-0.2, -0.15) is 4.57 Å². The van der Waals surface area contributed by atoms with Crippen LogP contribution >= 0.6 is 0 Å². The van der Waals surface area contributed by atoms with Crippen LogP contribution < -0.4 is 4.57 Å². The number of hydrogen-bond donors (Lipinski definition) is 0. The summed E-state index contributed by atoms with van der Waals surface area (Å²) in [6.45, 7) is 2.83. The molecule has 0 atom stereocenters. The number of rotatable bonds is 4. The predicted molar refractivity (Wildman–Crippen MR) is 80.5 cm³/mol. The standard InChI is InChI=1S/C15H17NO6S/c1-15(21-8-9-22-15)10-4-6-16(7-5-10)11(13(17)19-2)12(23)14(18)20-3/h4-7H,8-9H2,1-3H3. The fraction of sp³-hybridized carbons (Fsp3) is 0.400. The second-order valence-corrected chi connectivity index (χ2v) is 5.21. The molecule has 23 heavy (non-hydrogen) atoms. The molecular formula is C15H17NO6S. The maximum Gasteiger partial charge on any atom is 0.402 e. The van der Waals surface area contributed by atoms with Gasteiger partial charge in [-0.05, 0) is 11.8 Å². The first-order chi connectivity index (χ1) is 10.9. The van der Waals surface area contributed by atoms with Crippen molar-refractivity contribution < 1.29 is 33.1 Å². The van der Waals surface area contributed by atoms with Crippen molar-refractivity contribution in [2.75, 3.05) is 27.4 Å². The normalized spacial score (nSPS) is 17.3. The number of carbonyl (C=O) groups is 2. The fourth-order valence-corrected chi connectivity index (χ4v) is 2.43. The average molecular weight is 339 g/mol. The summed E-state index contributed by atoms with van der Waals surface area (Å²) < 4.78 is 21.8. The zero-order valence-corrected chi connectivity index (χ0v) is 13.8. The summed E-state index contributed by atoms with van der Waals surface area (Å²) in [5, 5.41) is 0. The minimum atomic E-state index is -0.826. The van der Waals surface area contributed by atoms with Gasteiger partial charge in [0.2, 0.25) is 0 Å². The van der Waals surface area contributed by atoms with Crippen LogP contribution in [0.5, 0.6) is 0 Å². The van der Waals surface area contributed by atoms with E-state index >= 15 is 0 Å². The van der Waals surface area contributed by atoms with Gasteiger partial charge in [-0.1, -0.05) is 0 Å². The van der Waals surface area contributed by atoms with E-state index in [-0.39, 0.29) is 10.6 Å². The molecule has 0 bridgehead atoms. The van der Waals surface area contributed by atoms with Crippen molar-refractivity contribution in [3.05, 3.63) is 35.0 Å². The van der Waals surface area contributed by atoms with E-state index in [4.69, 9.17) is 26.8 Å². The first-order valence-electron chi connectivity index (χ1n) is 6.81. The Balaban J connectivity index is 2.41. The molecule has 0 unspecified atom stereocenters. The van der Waals surface area contributed by atoms with Crippen LogP contribution in [-0.2, 0) is 47.0 Å². The fourth-order valence-electron chi connectivity index (χ4n) is 2.16. The van der Waals surface area contributed by atoms with Crippen molar-refractivity contribution in [2.45, 2.75) is 12.7 Å². The highest BCUT2D eigenvalue weighted by Crippen LogP contribution is 2.29. The van der Waals surface area contributed by atoms with Gasteiger partial charge < -0.3 is 31.6 Å². The maximum atomic E-state index is 12.0. The number of aromatic nitrogens is 1. The Morgan fingerprint density at radius 2 is 1.65 bits per heavy atom. The van der Waals surface area contributed by atoms with Crippen LogP contribution in [0.15, 0.2) is 29.4 Å². The molecule has 1 fully saturated rings. The molecule has 2 heterocycles. The lowest BCUT2D eigenvalue weighted by molar-refractivity contribution is -0.578. The highest BCUT2D eigenvalue weighted by molar-refractivity contribution is 7.65. The van der Waals surface area contributed by atoms with Gasteiger partial charge in [0, 0.05) is 17.7 Å². The summed E-state index contributed by atoms with van der Waals surface area (Å²) >= 11 is 5.00. The summed E-state index contributed by atoms with van der Waals surface area (Å²) in [6.07, 6.45) is 3.15. The van der Waals surface area contributed by atoms with Crippen molar-refractivity contribution in [3.63, 3.8) is 0 Å². The lowest BCUT2D eigenvalue weighted by Gasteiger charge is -2.21. The van der Waals surface area contributed by atoms with Crippen LogP contribution in [0.25, 0.3) is 5.70 Å². The third kappa shape index (κ3) is 3.49. The summed E-state index contributed by atoms with van der Waals surface area (Å²) in [6, 6.07) is 3.43. The Morgan fingerprint density at radius 3 is 2.13 bits per heavy atom. The third-order valence-electron chi connectivity index (χ3n) is 3.41. The molecule has 0 saturated carbocycles. The quantitative estimate of drug-likeness (QED) is 0.337. The monoisotopic (exact) mass is 339 g/mol. The molecular weight excluding hydrogens is 322 g/mol. The third-order valence-corrected chi connectivity index (χ3v) is 3.77. The van der Waals surface area contributed by atoms with Crippen LogP contribution in [0.1, 0.15) is 12.5 Å². The van der Waals surface area contributed by atoms with E-state index in [0.717, 1.165) is 5.56 Å². The van der Waals surface area contributed by atoms with Gasteiger partial charge in [0.15, 0.2) is 18.2 Å². The Labute approximate surface area is 139 Å². The van der Waals surface area contributed by atoms with Crippen LogP contribution in [-0.4, -0.2) is 39.4 Å². The molecule has 0 aliphatic carbocycles. The van der Waals surface area contributed by atoms with Crippen LogP contribution in [0.3, 0.4) is 0 Å². The minimum Gasteiger partial charge on any atom is -0.766 e. The molecule has 0 spiro atoms. The number of pyridine rings is 1. The molecule has 8 heteroatoms. The van der Waals surface area contributed by atoms with Crippen LogP contribution in [0.2, 0.25) is 0 Å². The summed E-state index contributed by atoms with van der Waals surface area (Å²) in [5.74, 6) is -2.35. The van der Waals surface area contributed by atoms with E-state index in [1.165, 1.54) is 18.8 Å². The predicted octanol–water partition coefficient (Wildman–Crippen LogP) is 0.255. The number of esters is 2. The molecule has 124 valence electrons. The van der Waals surface area contributed by atoms with Gasteiger partial charge in [0.1, 0.15) is 0 Å². The summed E-state index contributed by atoms with van der Waals surface area (Å²) in [4.78, 5) is 23.3. The molecule has 0 aromatic carbocycles. The summed E-state index contributed by atoms with van der Waals surface area (Å²) in [7, 11) is 2.39. The van der Waals surface area contributed by atoms with E-state index in [1.54, 1.807) is 24.5 Å². The van der Waals surface area contributed by atoms with Crippen molar-refractivity contribution in [2.24, 2.45) is 0 Å². The topological polar surface area (TPSA) is 74.9 Å². The number of hydrogen-bond acceptors (Lipinski definition) is 7. The Hall–Kier alpha value is -2.03. The summed E-state index contributed by atoms with van der Waals surface area (Å²) in [5.41, 5.74) is 0.679. The van der Waals surface area contributed by atoms with Crippen molar-refractivity contribution >= 4 is 30.3 Å². The Bertz CT molecular complexity index is 634. The highest BCUT2D eigenvalue weighted by Gasteiger charge is 2.34. The highest BCUT2D eigenvalue weighted by atomic mass is 32.1. The first-order valence-corrected chi connectivity index (χ1v) is 7.21. The Morgan fingerprint density at radius 1 is 1.13 bits per heavy atom. The largest absolute Gasteiger partial charge is 0.766 e. The smallest absolute Gasteiger partial charge is 0.402 e. The molecule has 0 N–H and O–H groups in total. The molecule has 7 nitrogen and oxygen atoms in total. The molecule has 1 aromatic heterocycles. The van der Waals surface area contributed by atoms with Gasteiger partial charge in [-0.15, -0.1) is 0 Å². The Kier molecular flexibility index (Phi) is 5.30. The average Bonchev–Trinajstić information content (AvgIpc) is 3.02. The van der Waals surface area contributed by atoms with E-state index in [2.05, 4.69) is 4.74 Å². The zero-order valence-electron chi connectivity index (χ0n) is 13.0. The number of carbonyl (C=O) groups excluding carboxylic acids is 2. The molecule has 2 rings (SSSR count). The van der Waals surface area contributed by atoms with Gasteiger partial charge in [-0.25, -0.2) is 9.59 Å². The van der Waals surface area contributed by atoms with Gasteiger partial charge in [-0.3, -0.25) is 0 Å². The van der Waals surface area contributed by atoms with E-state index in [1.807, 2.05) is 6.92 Å². The number of nitrogens with zero attached hydrogens (tertiary/aromatic N) is 1. The van der Waals surface area contributed by atoms with E-state index < -0.39 is 17.7 Å². The second kappa shape index (κ2) is 7.03. The first kappa shape index (κ1) is 17.3. The zero-order chi connectivity index (χ0) is 17.0. The van der Waals surface area contributed by atoms with E-state index in [9.17, 15) is 9.59 Å². The SMILES string of the molecule is COC(=O)/C([S-])=C(\C(=O)OC)[n+]1ccc(C2(C)OCCO2)cc1. The van der Waals surface area contributed by atoms with Gasteiger partial charge in [0.05, 0.1) is 27.4 Å². The maximum absolute atomic E-state index is 12.0. The molecule has 1 saturated heterocycles. The van der Waals surface area contributed by atoms with Crippen molar-refractivity contribution in [3.8, 4) is 0 Å². The number of ether oxygens (including phenoxy) is 4. The van der Waals surface area contributed by atoms with Gasteiger partial charge in [0.25, 0.3) is 5.70 Å². The lowest BCUT2D eigenvalue weighted by Crippen LogP contribution is -2.39. The molecule has 0 radical (unpaired) electrons. The molecule has 1 aliphatic rings. The molecule has 1 aromatic rings. The number of methoxy groups -OCH3 is 2. The molecule has 1 aliphatic heterocycles.